The van der Waals surface area contributed by atoms with Gasteiger partial charge in [-0.05, 0) is 44.6 Å². The van der Waals surface area contributed by atoms with Crippen molar-refractivity contribution < 1.29 is 14.6 Å². The van der Waals surface area contributed by atoms with Gasteiger partial charge in [0.25, 0.3) is 0 Å². The van der Waals surface area contributed by atoms with Crippen LogP contribution in [-0.4, -0.2) is 32.3 Å². The smallest absolute Gasteiger partial charge is 0.306 e. The molecule has 2 atom stereocenters. The fourth-order valence-corrected chi connectivity index (χ4v) is 2.19. The highest BCUT2D eigenvalue weighted by Crippen LogP contribution is 2.35. The molecule has 0 heterocycles. The maximum absolute atomic E-state index is 11.0. The molecule has 1 rings (SSSR count). The fraction of sp³-hybridized carbons (Fsp3) is 0.529. The van der Waals surface area contributed by atoms with E-state index in [2.05, 4.69) is 11.4 Å². The second-order valence-corrected chi connectivity index (χ2v) is 5.22. The molecular formula is C17H26N2O3. The number of benzene rings is 1. The summed E-state index contributed by atoms with van der Waals surface area (Å²) in [4.78, 5) is 11.0. The Balaban J connectivity index is 0.00000135. The standard InChI is InChI=1S/C15H19NO3.C2H7N/c1-4-15(10-16,9-11(2)14(17)18)12-6-5-7-13(8-12)19-3;1-3-2/h5-8,11H,4,9H2,1-3H3,(H,17,18);3H,1-2H3. The van der Waals surface area contributed by atoms with E-state index in [-0.39, 0.29) is 0 Å². The third kappa shape index (κ3) is 5.38. The first-order chi connectivity index (χ1) is 10.4. The number of aliphatic carboxylic acids is 1. The Kier molecular flexibility index (Phi) is 8.88. The molecule has 0 saturated heterocycles. The lowest BCUT2D eigenvalue weighted by atomic mass is 9.73. The van der Waals surface area contributed by atoms with Crippen molar-refractivity contribution in [3.63, 3.8) is 0 Å². The number of carboxylic acids is 1. The summed E-state index contributed by atoms with van der Waals surface area (Å²) < 4.78 is 5.17. The molecule has 0 radical (unpaired) electrons. The molecule has 0 saturated carbocycles. The normalized spacial score (nSPS) is 13.8. The van der Waals surface area contributed by atoms with Crippen molar-refractivity contribution in [2.45, 2.75) is 32.1 Å². The van der Waals surface area contributed by atoms with E-state index in [1.54, 1.807) is 20.1 Å². The van der Waals surface area contributed by atoms with Crippen LogP contribution in [0.1, 0.15) is 32.3 Å². The van der Waals surface area contributed by atoms with Gasteiger partial charge in [0.05, 0.1) is 24.5 Å². The zero-order valence-electron chi connectivity index (χ0n) is 14.0. The summed E-state index contributed by atoms with van der Waals surface area (Å²) in [7, 11) is 5.32. The Labute approximate surface area is 132 Å². The van der Waals surface area contributed by atoms with E-state index in [0.29, 0.717) is 18.6 Å². The number of hydrogen-bond donors (Lipinski definition) is 2. The molecule has 122 valence electrons. The summed E-state index contributed by atoms with van der Waals surface area (Å²) >= 11 is 0. The van der Waals surface area contributed by atoms with E-state index < -0.39 is 17.3 Å². The van der Waals surface area contributed by atoms with Crippen LogP contribution >= 0.6 is 0 Å². The first kappa shape index (κ1) is 19.9. The zero-order chi connectivity index (χ0) is 17.2. The van der Waals surface area contributed by atoms with Crippen LogP contribution in [0.25, 0.3) is 0 Å². The molecule has 2 unspecified atom stereocenters. The Morgan fingerprint density at radius 3 is 2.50 bits per heavy atom. The van der Waals surface area contributed by atoms with Gasteiger partial charge in [0, 0.05) is 0 Å². The van der Waals surface area contributed by atoms with Crippen LogP contribution in [-0.2, 0) is 10.2 Å². The largest absolute Gasteiger partial charge is 0.497 e. The van der Waals surface area contributed by atoms with Crippen molar-refractivity contribution in [1.29, 1.82) is 5.26 Å². The van der Waals surface area contributed by atoms with E-state index >= 15 is 0 Å². The minimum atomic E-state index is -0.879. The molecule has 0 spiro atoms. The van der Waals surface area contributed by atoms with Gasteiger partial charge in [0.2, 0.25) is 0 Å². The van der Waals surface area contributed by atoms with Crippen LogP contribution < -0.4 is 10.1 Å². The van der Waals surface area contributed by atoms with Crippen molar-refractivity contribution in [2.75, 3.05) is 21.2 Å². The Hall–Kier alpha value is -2.06. The molecule has 0 fully saturated rings. The molecule has 0 aliphatic carbocycles. The van der Waals surface area contributed by atoms with Crippen molar-refractivity contribution >= 4 is 5.97 Å². The summed E-state index contributed by atoms with van der Waals surface area (Å²) in [6.07, 6.45) is 0.858. The van der Waals surface area contributed by atoms with Crippen LogP contribution in [0.5, 0.6) is 5.75 Å². The van der Waals surface area contributed by atoms with E-state index in [4.69, 9.17) is 9.84 Å². The second kappa shape index (κ2) is 9.80. The van der Waals surface area contributed by atoms with E-state index in [1.165, 1.54) is 0 Å². The van der Waals surface area contributed by atoms with Gasteiger partial charge in [0.1, 0.15) is 5.75 Å². The molecule has 1 aromatic carbocycles. The highest BCUT2D eigenvalue weighted by atomic mass is 16.5. The van der Waals surface area contributed by atoms with Crippen LogP contribution in [0.15, 0.2) is 24.3 Å². The molecule has 0 aliphatic rings. The minimum Gasteiger partial charge on any atom is -0.497 e. The number of nitriles is 1. The van der Waals surface area contributed by atoms with Gasteiger partial charge < -0.3 is 15.2 Å². The highest BCUT2D eigenvalue weighted by molar-refractivity contribution is 5.69. The summed E-state index contributed by atoms with van der Waals surface area (Å²) in [6.45, 7) is 3.53. The highest BCUT2D eigenvalue weighted by Gasteiger charge is 2.34. The third-order valence-electron chi connectivity index (χ3n) is 3.52. The first-order valence-corrected chi connectivity index (χ1v) is 7.27. The van der Waals surface area contributed by atoms with Crippen LogP contribution in [0.2, 0.25) is 0 Å². The quantitative estimate of drug-likeness (QED) is 0.844. The number of hydrogen-bond acceptors (Lipinski definition) is 4. The van der Waals surface area contributed by atoms with Crippen molar-refractivity contribution in [3.8, 4) is 11.8 Å². The number of methoxy groups -OCH3 is 1. The molecule has 0 bridgehead atoms. The number of carbonyl (C=O) groups is 1. The number of ether oxygens (including phenoxy) is 1. The fourth-order valence-electron chi connectivity index (χ4n) is 2.19. The molecule has 5 nitrogen and oxygen atoms in total. The molecular weight excluding hydrogens is 280 g/mol. The van der Waals surface area contributed by atoms with Crippen molar-refractivity contribution in [2.24, 2.45) is 5.92 Å². The van der Waals surface area contributed by atoms with Crippen LogP contribution in [0.4, 0.5) is 0 Å². The predicted molar refractivity (Wildman–Crippen MR) is 87.0 cm³/mol. The Morgan fingerprint density at radius 1 is 1.50 bits per heavy atom. The molecule has 22 heavy (non-hydrogen) atoms. The molecule has 0 aliphatic heterocycles. The topological polar surface area (TPSA) is 82.4 Å². The number of rotatable bonds is 6. The Bertz CT molecular complexity index is 511. The third-order valence-corrected chi connectivity index (χ3v) is 3.52. The first-order valence-electron chi connectivity index (χ1n) is 7.27. The van der Waals surface area contributed by atoms with Gasteiger partial charge in [-0.25, -0.2) is 0 Å². The number of carboxylic acid groups (broad SMARTS) is 1. The molecule has 0 amide bonds. The van der Waals surface area contributed by atoms with Crippen molar-refractivity contribution in [3.05, 3.63) is 29.8 Å². The minimum absolute atomic E-state index is 0.294. The molecule has 2 N–H and O–H groups in total. The lowest BCUT2D eigenvalue weighted by Gasteiger charge is -2.27. The van der Waals surface area contributed by atoms with Crippen LogP contribution in [0, 0.1) is 17.2 Å². The number of nitrogens with zero attached hydrogens (tertiary/aromatic N) is 1. The Morgan fingerprint density at radius 2 is 2.09 bits per heavy atom. The van der Waals surface area contributed by atoms with E-state index in [9.17, 15) is 10.1 Å². The zero-order valence-corrected chi connectivity index (χ0v) is 14.0. The van der Waals surface area contributed by atoms with Crippen molar-refractivity contribution in [1.82, 2.24) is 5.32 Å². The van der Waals surface area contributed by atoms with Gasteiger partial charge in [-0.1, -0.05) is 26.0 Å². The SMILES string of the molecule is CCC(C#N)(CC(C)C(=O)O)c1cccc(OC)c1.CNC. The monoisotopic (exact) mass is 306 g/mol. The van der Waals surface area contributed by atoms with Gasteiger partial charge in [0.15, 0.2) is 0 Å². The predicted octanol–water partition coefficient (Wildman–Crippen LogP) is 2.81. The molecule has 1 aromatic rings. The number of nitrogens with one attached hydrogen (secondary N) is 1. The van der Waals surface area contributed by atoms with Crippen LogP contribution in [0.3, 0.4) is 0 Å². The maximum Gasteiger partial charge on any atom is 0.306 e. The summed E-state index contributed by atoms with van der Waals surface area (Å²) in [5, 5.41) is 21.3. The maximum atomic E-state index is 11.0. The lowest BCUT2D eigenvalue weighted by Crippen LogP contribution is -2.28. The van der Waals surface area contributed by atoms with Gasteiger partial charge in [-0.3, -0.25) is 4.79 Å². The average Bonchev–Trinajstić information content (AvgIpc) is 2.53. The summed E-state index contributed by atoms with van der Waals surface area (Å²) in [5.41, 5.74) is 0.0248. The molecule has 0 aromatic heterocycles. The van der Waals surface area contributed by atoms with E-state index in [0.717, 1.165) is 5.56 Å². The average molecular weight is 306 g/mol. The van der Waals surface area contributed by atoms with Gasteiger partial charge in [-0.2, -0.15) is 5.26 Å². The second-order valence-electron chi connectivity index (χ2n) is 5.22. The van der Waals surface area contributed by atoms with Gasteiger partial charge in [-0.15, -0.1) is 0 Å². The summed E-state index contributed by atoms with van der Waals surface area (Å²) in [5.74, 6) is -0.768. The van der Waals surface area contributed by atoms with E-state index in [1.807, 2.05) is 39.2 Å². The lowest BCUT2D eigenvalue weighted by molar-refractivity contribution is -0.141. The van der Waals surface area contributed by atoms with Gasteiger partial charge >= 0.3 is 5.97 Å². The summed E-state index contributed by atoms with van der Waals surface area (Å²) in [6, 6.07) is 9.59. The molecule has 5 heteroatoms.